The molecule has 0 aliphatic carbocycles. The molecule has 60 valence electrons. The van der Waals surface area contributed by atoms with Crippen molar-refractivity contribution in [3.05, 3.63) is 0 Å². The quantitative estimate of drug-likeness (QED) is 0.277. The van der Waals surface area contributed by atoms with E-state index in [1.54, 1.807) is 0 Å². The smallest absolute Gasteiger partial charge is 0.306 e. The lowest BCUT2D eigenvalue weighted by Gasteiger charge is -1.93. The second-order valence-electron chi connectivity index (χ2n) is 2.48. The lowest BCUT2D eigenvalue weighted by molar-refractivity contribution is -0.150. The van der Waals surface area contributed by atoms with E-state index in [1.165, 1.54) is 0 Å². The van der Waals surface area contributed by atoms with Crippen molar-refractivity contribution in [2.24, 2.45) is 0 Å². The van der Waals surface area contributed by atoms with Crippen LogP contribution in [-0.4, -0.2) is 34.0 Å². The Kier molecular flexibility index (Phi) is 2.25. The second kappa shape index (κ2) is 2.84. The summed E-state index contributed by atoms with van der Waals surface area (Å²) >= 11 is 0. The van der Waals surface area contributed by atoms with Gasteiger partial charge in [-0.2, -0.15) is 0 Å². The third-order valence-electron chi connectivity index (χ3n) is 1.55. The SMILES string of the molecule is OCCCCC1OC1(O)O. The summed E-state index contributed by atoms with van der Waals surface area (Å²) in [6.07, 6.45) is 1.63. The summed E-state index contributed by atoms with van der Waals surface area (Å²) in [5.41, 5.74) is 0. The third-order valence-corrected chi connectivity index (χ3v) is 1.55. The minimum atomic E-state index is -1.87. The molecule has 4 heteroatoms. The number of epoxide rings is 1. The van der Waals surface area contributed by atoms with Gasteiger partial charge in [-0.25, -0.2) is 0 Å². The minimum absolute atomic E-state index is 0.149. The Hall–Kier alpha value is -0.160. The molecule has 1 heterocycles. The Bertz CT molecular complexity index is 112. The van der Waals surface area contributed by atoms with E-state index in [9.17, 15) is 0 Å². The largest absolute Gasteiger partial charge is 0.396 e. The maximum Gasteiger partial charge on any atom is 0.306 e. The zero-order valence-electron chi connectivity index (χ0n) is 5.66. The molecule has 1 unspecified atom stereocenters. The number of hydrogen-bond donors (Lipinski definition) is 3. The lowest BCUT2D eigenvalue weighted by Crippen LogP contribution is -2.11. The van der Waals surface area contributed by atoms with Crippen LogP contribution in [0.15, 0.2) is 0 Å². The first-order valence-corrected chi connectivity index (χ1v) is 3.40. The molecular weight excluding hydrogens is 136 g/mol. The molecule has 1 aliphatic rings. The first-order chi connectivity index (χ1) is 4.67. The highest BCUT2D eigenvalue weighted by Crippen LogP contribution is 2.33. The van der Waals surface area contributed by atoms with Crippen LogP contribution in [-0.2, 0) is 4.74 Å². The molecule has 3 N–H and O–H groups in total. The first kappa shape index (κ1) is 7.94. The highest BCUT2D eigenvalue weighted by molar-refractivity contribution is 4.81. The summed E-state index contributed by atoms with van der Waals surface area (Å²) in [5, 5.41) is 25.7. The summed E-state index contributed by atoms with van der Waals surface area (Å²) in [4.78, 5) is 0. The van der Waals surface area contributed by atoms with Gasteiger partial charge in [0, 0.05) is 6.61 Å². The van der Waals surface area contributed by atoms with Gasteiger partial charge in [-0.15, -0.1) is 0 Å². The van der Waals surface area contributed by atoms with Gasteiger partial charge in [-0.05, 0) is 19.3 Å². The molecule has 4 nitrogen and oxygen atoms in total. The lowest BCUT2D eigenvalue weighted by atomic mass is 10.2. The van der Waals surface area contributed by atoms with Crippen LogP contribution in [0.25, 0.3) is 0 Å². The molecule has 0 saturated carbocycles. The molecule has 0 aromatic rings. The van der Waals surface area contributed by atoms with E-state index in [4.69, 9.17) is 15.3 Å². The van der Waals surface area contributed by atoms with Crippen LogP contribution in [0.5, 0.6) is 0 Å². The molecule has 0 bridgehead atoms. The molecule has 0 radical (unpaired) electrons. The Labute approximate surface area is 59.1 Å². The summed E-state index contributed by atoms with van der Waals surface area (Å²) < 4.78 is 4.48. The monoisotopic (exact) mass is 148 g/mol. The average molecular weight is 148 g/mol. The molecular formula is C6H12O4. The summed E-state index contributed by atoms with van der Waals surface area (Å²) in [6, 6.07) is 0. The second-order valence-corrected chi connectivity index (χ2v) is 2.48. The summed E-state index contributed by atoms with van der Waals surface area (Å²) in [7, 11) is 0. The van der Waals surface area contributed by atoms with Crippen LogP contribution in [0.2, 0.25) is 0 Å². The van der Waals surface area contributed by atoms with Crippen LogP contribution >= 0.6 is 0 Å². The molecule has 1 aliphatic heterocycles. The number of aliphatic hydroxyl groups excluding tert-OH is 1. The average Bonchev–Trinajstić information content (AvgIpc) is 2.41. The van der Waals surface area contributed by atoms with E-state index >= 15 is 0 Å². The summed E-state index contributed by atoms with van der Waals surface area (Å²) in [5.74, 6) is -1.87. The molecule has 0 aromatic heterocycles. The molecule has 10 heavy (non-hydrogen) atoms. The van der Waals surface area contributed by atoms with Crippen LogP contribution < -0.4 is 0 Å². The zero-order valence-corrected chi connectivity index (χ0v) is 5.66. The van der Waals surface area contributed by atoms with Crippen LogP contribution in [0.3, 0.4) is 0 Å². The topological polar surface area (TPSA) is 73.2 Å². The number of aliphatic hydroxyl groups is 3. The third kappa shape index (κ3) is 1.91. The molecule has 0 aromatic carbocycles. The van der Waals surface area contributed by atoms with E-state index in [0.29, 0.717) is 12.8 Å². The Morgan fingerprint density at radius 1 is 1.30 bits per heavy atom. The van der Waals surface area contributed by atoms with Gasteiger partial charge >= 0.3 is 5.97 Å². The molecule has 1 saturated heterocycles. The number of hydrogen-bond acceptors (Lipinski definition) is 4. The van der Waals surface area contributed by atoms with Crippen molar-refractivity contribution in [1.82, 2.24) is 0 Å². The van der Waals surface area contributed by atoms with Gasteiger partial charge in [-0.1, -0.05) is 0 Å². The molecule has 1 atom stereocenters. The molecule has 0 amide bonds. The zero-order chi connectivity index (χ0) is 7.61. The van der Waals surface area contributed by atoms with Crippen LogP contribution in [0.1, 0.15) is 19.3 Å². The van der Waals surface area contributed by atoms with Crippen molar-refractivity contribution in [2.75, 3.05) is 6.61 Å². The Balaban J connectivity index is 1.97. The highest BCUT2D eigenvalue weighted by Gasteiger charge is 2.53. The van der Waals surface area contributed by atoms with Crippen molar-refractivity contribution in [1.29, 1.82) is 0 Å². The van der Waals surface area contributed by atoms with Crippen LogP contribution in [0.4, 0.5) is 0 Å². The van der Waals surface area contributed by atoms with E-state index < -0.39 is 12.1 Å². The van der Waals surface area contributed by atoms with Crippen molar-refractivity contribution in [2.45, 2.75) is 31.3 Å². The Morgan fingerprint density at radius 3 is 2.30 bits per heavy atom. The fraction of sp³-hybridized carbons (Fsp3) is 1.00. The van der Waals surface area contributed by atoms with E-state index in [-0.39, 0.29) is 6.61 Å². The van der Waals surface area contributed by atoms with Gasteiger partial charge in [0.1, 0.15) is 6.10 Å². The predicted molar refractivity (Wildman–Crippen MR) is 33.0 cm³/mol. The van der Waals surface area contributed by atoms with Gasteiger partial charge < -0.3 is 20.1 Å². The standard InChI is InChI=1S/C6H12O4/c7-4-2-1-3-5-6(8,9)10-5/h5,7-9H,1-4H2. The molecule has 1 fully saturated rings. The van der Waals surface area contributed by atoms with Crippen LogP contribution in [0, 0.1) is 0 Å². The normalized spacial score (nSPS) is 28.5. The van der Waals surface area contributed by atoms with Crippen molar-refractivity contribution >= 4 is 0 Å². The van der Waals surface area contributed by atoms with Gasteiger partial charge in [0.15, 0.2) is 0 Å². The number of ether oxygens (including phenoxy) is 1. The first-order valence-electron chi connectivity index (χ1n) is 3.40. The number of unbranched alkanes of at least 4 members (excludes halogenated alkanes) is 1. The summed E-state index contributed by atoms with van der Waals surface area (Å²) in [6.45, 7) is 0.149. The fourth-order valence-corrected chi connectivity index (χ4v) is 0.864. The van der Waals surface area contributed by atoms with E-state index in [1.807, 2.05) is 0 Å². The fourth-order valence-electron chi connectivity index (χ4n) is 0.864. The minimum Gasteiger partial charge on any atom is -0.396 e. The van der Waals surface area contributed by atoms with Gasteiger partial charge in [-0.3, -0.25) is 0 Å². The number of rotatable bonds is 4. The van der Waals surface area contributed by atoms with Gasteiger partial charge in [0.05, 0.1) is 0 Å². The van der Waals surface area contributed by atoms with Crippen molar-refractivity contribution in [3.63, 3.8) is 0 Å². The van der Waals surface area contributed by atoms with E-state index in [0.717, 1.165) is 6.42 Å². The maximum absolute atomic E-state index is 8.66. The van der Waals surface area contributed by atoms with Gasteiger partial charge in [0.2, 0.25) is 0 Å². The van der Waals surface area contributed by atoms with Gasteiger partial charge in [0.25, 0.3) is 0 Å². The predicted octanol–water partition coefficient (Wildman–Crippen LogP) is -0.814. The van der Waals surface area contributed by atoms with Crippen molar-refractivity contribution < 1.29 is 20.1 Å². The molecule has 0 spiro atoms. The molecule has 1 rings (SSSR count). The highest BCUT2D eigenvalue weighted by atomic mass is 16.9. The Morgan fingerprint density at radius 2 is 1.90 bits per heavy atom. The van der Waals surface area contributed by atoms with E-state index in [2.05, 4.69) is 4.74 Å². The van der Waals surface area contributed by atoms with Crippen molar-refractivity contribution in [3.8, 4) is 0 Å². The maximum atomic E-state index is 8.66.